The molecule has 1 aliphatic heterocycles. The molecule has 1 fully saturated rings. The van der Waals surface area contributed by atoms with Crippen molar-refractivity contribution in [3.63, 3.8) is 0 Å². The first-order valence-electron chi connectivity index (χ1n) is 11.4. The third-order valence-electron chi connectivity index (χ3n) is 6.36. The third kappa shape index (κ3) is 6.04. The second-order valence-corrected chi connectivity index (χ2v) is 9.47. The van der Waals surface area contributed by atoms with E-state index in [9.17, 15) is 108 Å². The van der Waals surface area contributed by atoms with Crippen LogP contribution in [0, 0.1) is 0 Å². The van der Waals surface area contributed by atoms with Crippen molar-refractivity contribution in [2.24, 2.45) is 0 Å². The fourth-order valence-corrected chi connectivity index (χ4v) is 3.53. The second-order valence-electron chi connectivity index (χ2n) is 9.47. The summed E-state index contributed by atoms with van der Waals surface area (Å²) >= 11 is 0. The molecule has 1 aliphatic rings. The minimum absolute atomic E-state index is 1.13. The van der Waals surface area contributed by atoms with Gasteiger partial charge in [0.05, 0.1) is 6.61 Å². The van der Waals surface area contributed by atoms with E-state index in [-0.39, 0.29) is 0 Å². The van der Waals surface area contributed by atoms with E-state index in [1.54, 1.807) is 0 Å². The van der Waals surface area contributed by atoms with Crippen LogP contribution < -0.4 is 0 Å². The van der Waals surface area contributed by atoms with Crippen LogP contribution in [0.2, 0.25) is 0 Å². The lowest BCUT2D eigenvalue weighted by Gasteiger charge is -2.44. The van der Waals surface area contributed by atoms with Gasteiger partial charge in [-0.05, 0) is 6.42 Å². The van der Waals surface area contributed by atoms with Gasteiger partial charge >= 0.3 is 59.5 Å². The molecule has 4 N–H and O–H groups in total. The van der Waals surface area contributed by atoms with Gasteiger partial charge in [-0.2, -0.15) is 92.2 Å². The lowest BCUT2D eigenvalue weighted by Crippen LogP contribution is -2.76. The van der Waals surface area contributed by atoms with Gasteiger partial charge in [-0.3, -0.25) is 0 Å². The number of rotatable bonds is 14. The Balaban J connectivity index is 3.38. The molecule has 0 aromatic carbocycles. The molecule has 6 nitrogen and oxygen atoms in total. The van der Waals surface area contributed by atoms with Crippen molar-refractivity contribution in [1.29, 1.82) is 0 Å². The monoisotopic (exact) mass is 740 g/mol. The van der Waals surface area contributed by atoms with Gasteiger partial charge in [-0.15, -0.1) is 0 Å². The van der Waals surface area contributed by atoms with Crippen LogP contribution in [-0.2, 0) is 9.47 Å². The molecular formula is C19H17F21O6. The van der Waals surface area contributed by atoms with Crippen LogP contribution in [0.3, 0.4) is 0 Å². The van der Waals surface area contributed by atoms with Crippen molar-refractivity contribution in [3.05, 3.63) is 0 Å². The summed E-state index contributed by atoms with van der Waals surface area (Å²) in [4.78, 5) is 0. The van der Waals surface area contributed by atoms with E-state index in [0.717, 1.165) is 0 Å². The van der Waals surface area contributed by atoms with E-state index in [1.165, 1.54) is 0 Å². The third-order valence-corrected chi connectivity index (χ3v) is 6.36. The number of aliphatic hydroxyl groups is 4. The zero-order valence-corrected chi connectivity index (χ0v) is 21.3. The predicted molar refractivity (Wildman–Crippen MR) is 99.5 cm³/mol. The van der Waals surface area contributed by atoms with Crippen LogP contribution in [-0.4, -0.2) is 124 Å². The van der Waals surface area contributed by atoms with E-state index in [0.29, 0.717) is 0 Å². The van der Waals surface area contributed by atoms with Gasteiger partial charge < -0.3 is 29.9 Å². The lowest BCUT2D eigenvalue weighted by atomic mass is 9.85. The lowest BCUT2D eigenvalue weighted by molar-refractivity contribution is -0.474. The highest BCUT2D eigenvalue weighted by Crippen LogP contribution is 2.66. The molecule has 1 heterocycles. The van der Waals surface area contributed by atoms with Gasteiger partial charge in [0.15, 0.2) is 6.29 Å². The van der Waals surface area contributed by atoms with Gasteiger partial charge in [-0.1, -0.05) is 0 Å². The Kier molecular flexibility index (Phi) is 11.3. The largest absolute Gasteiger partial charge is 0.460 e. The summed E-state index contributed by atoms with van der Waals surface area (Å²) in [6.07, 6.45) is -23.5. The van der Waals surface area contributed by atoms with Crippen molar-refractivity contribution in [3.8, 4) is 0 Å². The van der Waals surface area contributed by atoms with E-state index in [4.69, 9.17) is 5.11 Å². The van der Waals surface area contributed by atoms with Crippen molar-refractivity contribution in [1.82, 2.24) is 0 Å². The van der Waals surface area contributed by atoms with Gasteiger partial charge in [0, 0.05) is 13.0 Å². The topological polar surface area (TPSA) is 99.4 Å². The van der Waals surface area contributed by atoms with Gasteiger partial charge in [0.1, 0.15) is 24.4 Å². The van der Waals surface area contributed by atoms with Crippen LogP contribution >= 0.6 is 0 Å². The predicted octanol–water partition coefficient (Wildman–Crippen LogP) is 4.86. The van der Waals surface area contributed by atoms with Crippen LogP contribution in [0.4, 0.5) is 92.2 Å². The SMILES string of the molecule is OC[C@H]1OC(O)[C@H](O)[C@@H](OCCCC(F)(F)C(F)(F)C(F)(F)C(F)(F)C(F)(F)C(F)(F)C(F)(F)C(F)(F)C(F)(F)C(F)(F)F)[C@@H]1O. The Morgan fingerprint density at radius 2 is 0.848 bits per heavy atom. The molecule has 0 radical (unpaired) electrons. The second kappa shape index (κ2) is 12.3. The van der Waals surface area contributed by atoms with Crippen molar-refractivity contribution < 1.29 is 122 Å². The number of hydrogen-bond acceptors (Lipinski definition) is 6. The zero-order chi connectivity index (χ0) is 37.1. The molecule has 0 aliphatic carbocycles. The Hall–Kier alpha value is -1.71. The average molecular weight is 740 g/mol. The summed E-state index contributed by atoms with van der Waals surface area (Å²) in [5, 5.41) is 37.7. The quantitative estimate of drug-likeness (QED) is 0.150. The van der Waals surface area contributed by atoms with E-state index >= 15 is 0 Å². The summed E-state index contributed by atoms with van der Waals surface area (Å²) in [7, 11) is 0. The smallest absolute Gasteiger partial charge is 0.394 e. The van der Waals surface area contributed by atoms with Crippen LogP contribution in [0.1, 0.15) is 12.8 Å². The number of hydrogen-bond donors (Lipinski definition) is 4. The first kappa shape index (κ1) is 42.3. The highest BCUT2D eigenvalue weighted by Gasteiger charge is 2.97. The molecule has 27 heteroatoms. The van der Waals surface area contributed by atoms with E-state index in [2.05, 4.69) is 9.47 Å². The number of alkyl halides is 21. The highest BCUT2D eigenvalue weighted by atomic mass is 19.4. The first-order chi connectivity index (χ1) is 20.0. The van der Waals surface area contributed by atoms with Crippen molar-refractivity contribution in [2.45, 2.75) is 103 Å². The molecular weight excluding hydrogens is 723 g/mol. The highest BCUT2D eigenvalue weighted by molar-refractivity contribution is 5.17. The summed E-state index contributed by atoms with van der Waals surface area (Å²) in [5.74, 6) is -77.8. The minimum atomic E-state index is -9.26. The summed E-state index contributed by atoms with van der Waals surface area (Å²) < 4.78 is 290. The number of aliphatic hydroxyl groups excluding tert-OH is 4. The molecule has 0 saturated carbocycles. The molecule has 0 aromatic heterocycles. The molecule has 46 heavy (non-hydrogen) atoms. The van der Waals surface area contributed by atoms with E-state index in [1.807, 2.05) is 0 Å². The molecule has 1 rings (SSSR count). The Morgan fingerprint density at radius 1 is 0.500 bits per heavy atom. The maximum absolute atomic E-state index is 14.0. The average Bonchev–Trinajstić information content (AvgIpc) is 2.88. The van der Waals surface area contributed by atoms with Crippen LogP contribution in [0.5, 0.6) is 0 Å². The molecule has 276 valence electrons. The normalized spacial score (nSPS) is 25.6. The fourth-order valence-electron chi connectivity index (χ4n) is 3.53. The number of halogens is 21. The maximum atomic E-state index is 14.0. The summed E-state index contributed by atoms with van der Waals surface area (Å²) in [6, 6.07) is 0. The fraction of sp³-hybridized carbons (Fsp3) is 1.00. The van der Waals surface area contributed by atoms with E-state index < -0.39 is 116 Å². The van der Waals surface area contributed by atoms with Crippen LogP contribution in [0.25, 0.3) is 0 Å². The molecule has 0 aromatic rings. The van der Waals surface area contributed by atoms with Crippen molar-refractivity contribution in [2.75, 3.05) is 13.2 Å². The van der Waals surface area contributed by atoms with Gasteiger partial charge in [0.2, 0.25) is 0 Å². The van der Waals surface area contributed by atoms with Crippen LogP contribution in [0.15, 0.2) is 0 Å². The molecule has 1 saturated heterocycles. The van der Waals surface area contributed by atoms with Gasteiger partial charge in [0.25, 0.3) is 0 Å². The molecule has 1 unspecified atom stereocenters. The van der Waals surface area contributed by atoms with Crippen molar-refractivity contribution >= 4 is 0 Å². The standard InChI is InChI=1S/C19H17F21O6/c20-10(21,2-1-3-45-8-6(42)5(4-41)46-9(44)7(8)43)11(22,23)12(24,25)13(26,27)14(28,29)15(30,31)16(32,33)17(34,35)18(36,37)19(38,39)40/h5-9,41-44H,1-4H2/t5-,6-,7-,8+,9?/m1/s1. The maximum Gasteiger partial charge on any atom is 0.460 e. The Morgan fingerprint density at radius 3 is 1.20 bits per heavy atom. The number of ether oxygens (including phenoxy) is 2. The molecule has 0 amide bonds. The first-order valence-corrected chi connectivity index (χ1v) is 11.4. The minimum Gasteiger partial charge on any atom is -0.394 e. The molecule has 5 atom stereocenters. The zero-order valence-electron chi connectivity index (χ0n) is 21.3. The summed E-state index contributed by atoms with van der Waals surface area (Å²) in [6.45, 7) is -2.67. The summed E-state index contributed by atoms with van der Waals surface area (Å²) in [5.41, 5.74) is 0. The van der Waals surface area contributed by atoms with Gasteiger partial charge in [-0.25, -0.2) is 0 Å². The Bertz CT molecular complexity index is 1050. The molecule has 0 bridgehead atoms. The Labute approximate surface area is 239 Å². The molecule has 0 spiro atoms.